The van der Waals surface area contributed by atoms with Crippen molar-refractivity contribution in [3.05, 3.63) is 96.1 Å². The van der Waals surface area contributed by atoms with E-state index < -0.39 is 0 Å². The number of amides is 1. The molecule has 1 heterocycles. The Labute approximate surface area is 190 Å². The monoisotopic (exact) mass is 429 g/mol. The number of carbonyl (C=O) groups excluding carboxylic acids is 1. The molecule has 166 valence electrons. The highest BCUT2D eigenvalue weighted by Gasteiger charge is 2.22. The van der Waals surface area contributed by atoms with Gasteiger partial charge in [-0.1, -0.05) is 66.7 Å². The van der Waals surface area contributed by atoms with Crippen molar-refractivity contribution in [2.45, 2.75) is 13.1 Å². The molecule has 32 heavy (non-hydrogen) atoms. The molecule has 0 spiro atoms. The van der Waals surface area contributed by atoms with Gasteiger partial charge in [-0.15, -0.1) is 0 Å². The molecule has 3 aromatic rings. The van der Waals surface area contributed by atoms with Crippen LogP contribution in [0.25, 0.3) is 0 Å². The summed E-state index contributed by atoms with van der Waals surface area (Å²) in [7, 11) is 1.69. The van der Waals surface area contributed by atoms with Crippen LogP contribution >= 0.6 is 0 Å². The van der Waals surface area contributed by atoms with Crippen LogP contribution in [0.2, 0.25) is 0 Å². The Morgan fingerprint density at radius 1 is 0.812 bits per heavy atom. The first-order chi connectivity index (χ1) is 15.7. The Morgan fingerprint density at radius 3 is 1.97 bits per heavy atom. The van der Waals surface area contributed by atoms with Crippen LogP contribution < -0.4 is 9.64 Å². The van der Waals surface area contributed by atoms with E-state index in [2.05, 4.69) is 46.2 Å². The molecule has 4 rings (SSSR count). The van der Waals surface area contributed by atoms with Crippen molar-refractivity contribution in [3.8, 4) is 5.75 Å². The van der Waals surface area contributed by atoms with Gasteiger partial charge in [-0.3, -0.25) is 9.69 Å². The van der Waals surface area contributed by atoms with E-state index in [-0.39, 0.29) is 5.91 Å². The fourth-order valence-corrected chi connectivity index (χ4v) is 4.10. The van der Waals surface area contributed by atoms with Gasteiger partial charge in [-0.05, 0) is 23.3 Å². The largest absolute Gasteiger partial charge is 0.497 e. The van der Waals surface area contributed by atoms with Gasteiger partial charge in [0, 0.05) is 51.0 Å². The van der Waals surface area contributed by atoms with Crippen LogP contribution in [0.3, 0.4) is 0 Å². The van der Waals surface area contributed by atoms with Crippen molar-refractivity contribution in [1.82, 2.24) is 9.80 Å². The maximum Gasteiger partial charge on any atom is 0.237 e. The van der Waals surface area contributed by atoms with Crippen LogP contribution in [-0.2, 0) is 17.9 Å². The van der Waals surface area contributed by atoms with Crippen molar-refractivity contribution < 1.29 is 9.53 Å². The molecule has 0 radical (unpaired) electrons. The van der Waals surface area contributed by atoms with E-state index in [9.17, 15) is 4.79 Å². The van der Waals surface area contributed by atoms with E-state index in [1.807, 2.05) is 53.4 Å². The first kappa shape index (κ1) is 21.9. The molecule has 1 saturated heterocycles. The van der Waals surface area contributed by atoms with Gasteiger partial charge in [0.15, 0.2) is 0 Å². The molecular weight excluding hydrogens is 398 g/mol. The molecule has 0 aliphatic carbocycles. The Morgan fingerprint density at radius 2 is 1.41 bits per heavy atom. The summed E-state index contributed by atoms with van der Waals surface area (Å²) in [6.07, 6.45) is 0. The average molecular weight is 430 g/mol. The van der Waals surface area contributed by atoms with Gasteiger partial charge in [0.25, 0.3) is 0 Å². The van der Waals surface area contributed by atoms with Crippen LogP contribution in [0.5, 0.6) is 5.75 Å². The number of ether oxygens (including phenoxy) is 1. The maximum atomic E-state index is 13.3. The third-order valence-electron chi connectivity index (χ3n) is 5.93. The maximum absolute atomic E-state index is 13.3. The summed E-state index contributed by atoms with van der Waals surface area (Å²) in [6, 6.07) is 28.6. The first-order valence-electron chi connectivity index (χ1n) is 11.2. The van der Waals surface area contributed by atoms with Gasteiger partial charge >= 0.3 is 0 Å². The zero-order valence-corrected chi connectivity index (χ0v) is 18.7. The highest BCUT2D eigenvalue weighted by atomic mass is 16.5. The number of anilines is 1. The Kier molecular flexibility index (Phi) is 7.41. The molecule has 0 aromatic heterocycles. The fraction of sp³-hybridized carbons (Fsp3) is 0.296. The smallest absolute Gasteiger partial charge is 0.237 e. The molecule has 0 atom stereocenters. The van der Waals surface area contributed by atoms with Crippen molar-refractivity contribution >= 4 is 11.6 Å². The molecule has 0 unspecified atom stereocenters. The lowest BCUT2D eigenvalue weighted by Crippen LogP contribution is -2.50. The molecule has 5 heteroatoms. The van der Waals surface area contributed by atoms with Crippen molar-refractivity contribution in [1.29, 1.82) is 0 Å². The van der Waals surface area contributed by atoms with E-state index in [1.54, 1.807) is 7.11 Å². The molecule has 1 amide bonds. The lowest BCUT2D eigenvalue weighted by Gasteiger charge is -2.36. The van der Waals surface area contributed by atoms with E-state index in [0.717, 1.165) is 43.1 Å². The fourth-order valence-electron chi connectivity index (χ4n) is 4.10. The summed E-state index contributed by atoms with van der Waals surface area (Å²) < 4.78 is 5.36. The lowest BCUT2D eigenvalue weighted by atomic mass is 10.1. The molecule has 1 fully saturated rings. The molecule has 0 N–H and O–H groups in total. The molecule has 5 nitrogen and oxygen atoms in total. The second-order valence-corrected chi connectivity index (χ2v) is 8.19. The molecular formula is C27H31N3O2. The van der Waals surface area contributed by atoms with Gasteiger partial charge in [0.2, 0.25) is 5.91 Å². The highest BCUT2D eigenvalue weighted by Crippen LogP contribution is 2.22. The number of piperazine rings is 1. The first-order valence-corrected chi connectivity index (χ1v) is 11.2. The van der Waals surface area contributed by atoms with Gasteiger partial charge < -0.3 is 14.5 Å². The van der Waals surface area contributed by atoms with Crippen LogP contribution in [0.15, 0.2) is 84.9 Å². The third kappa shape index (κ3) is 5.89. The molecule has 1 aliphatic rings. The zero-order valence-electron chi connectivity index (χ0n) is 18.7. The molecule has 3 aromatic carbocycles. The van der Waals surface area contributed by atoms with Crippen LogP contribution in [-0.4, -0.2) is 55.5 Å². The molecule has 0 saturated carbocycles. The number of hydrogen-bond donors (Lipinski definition) is 0. The van der Waals surface area contributed by atoms with E-state index >= 15 is 0 Å². The summed E-state index contributed by atoms with van der Waals surface area (Å²) in [4.78, 5) is 19.9. The Hall–Kier alpha value is -3.31. The number of methoxy groups -OCH3 is 1. The van der Waals surface area contributed by atoms with Crippen LogP contribution in [0.1, 0.15) is 11.1 Å². The van der Waals surface area contributed by atoms with Gasteiger partial charge in [0.05, 0.1) is 13.7 Å². The van der Waals surface area contributed by atoms with E-state index in [0.29, 0.717) is 19.6 Å². The van der Waals surface area contributed by atoms with Crippen molar-refractivity contribution in [2.24, 2.45) is 0 Å². The van der Waals surface area contributed by atoms with Crippen LogP contribution in [0, 0.1) is 0 Å². The summed E-state index contributed by atoms with van der Waals surface area (Å²) >= 11 is 0. The standard InChI is InChI=1S/C27H31N3O2/c1-32-26-14-8-13-25(19-26)29-17-15-28(16-18-29)22-27(31)30(20-23-9-4-2-5-10-23)21-24-11-6-3-7-12-24/h2-14,19H,15-18,20-22H2,1H3. The highest BCUT2D eigenvalue weighted by molar-refractivity contribution is 5.78. The van der Waals surface area contributed by atoms with E-state index in [4.69, 9.17) is 4.74 Å². The second kappa shape index (κ2) is 10.8. The quantitative estimate of drug-likeness (QED) is 0.541. The SMILES string of the molecule is COc1cccc(N2CCN(CC(=O)N(Cc3ccccc3)Cc3ccccc3)CC2)c1. The number of carbonyl (C=O) groups is 1. The zero-order chi connectivity index (χ0) is 22.2. The number of hydrogen-bond acceptors (Lipinski definition) is 4. The van der Waals surface area contributed by atoms with Gasteiger partial charge in [-0.2, -0.15) is 0 Å². The third-order valence-corrected chi connectivity index (χ3v) is 5.93. The predicted molar refractivity (Wildman–Crippen MR) is 129 cm³/mol. The van der Waals surface area contributed by atoms with Crippen molar-refractivity contribution in [3.63, 3.8) is 0 Å². The van der Waals surface area contributed by atoms with Crippen LogP contribution in [0.4, 0.5) is 5.69 Å². The topological polar surface area (TPSA) is 36.0 Å². The number of nitrogens with zero attached hydrogens (tertiary/aromatic N) is 3. The normalized spacial score (nSPS) is 14.2. The van der Waals surface area contributed by atoms with E-state index in [1.165, 1.54) is 5.69 Å². The minimum absolute atomic E-state index is 0.174. The minimum Gasteiger partial charge on any atom is -0.497 e. The summed E-state index contributed by atoms with van der Waals surface area (Å²) in [5.41, 5.74) is 3.48. The average Bonchev–Trinajstić information content (AvgIpc) is 2.85. The number of rotatable bonds is 8. The second-order valence-electron chi connectivity index (χ2n) is 8.19. The molecule has 1 aliphatic heterocycles. The molecule has 0 bridgehead atoms. The number of benzene rings is 3. The van der Waals surface area contributed by atoms with Gasteiger partial charge in [-0.25, -0.2) is 0 Å². The summed E-state index contributed by atoms with van der Waals surface area (Å²) in [5.74, 6) is 1.05. The Balaban J connectivity index is 1.37. The lowest BCUT2D eigenvalue weighted by molar-refractivity contribution is -0.133. The van der Waals surface area contributed by atoms with Gasteiger partial charge in [0.1, 0.15) is 5.75 Å². The Bertz CT molecular complexity index is 945. The summed E-state index contributed by atoms with van der Waals surface area (Å²) in [5, 5.41) is 0. The minimum atomic E-state index is 0.174. The predicted octanol–water partition coefficient (Wildman–Crippen LogP) is 4.05. The summed E-state index contributed by atoms with van der Waals surface area (Å²) in [6.45, 7) is 5.23. The van der Waals surface area contributed by atoms with Crippen molar-refractivity contribution in [2.75, 3.05) is 44.7 Å².